The van der Waals surface area contributed by atoms with Crippen molar-refractivity contribution in [1.29, 1.82) is 0 Å². The number of thioether (sulfide) groups is 1. The molecule has 1 aromatic rings. The summed E-state index contributed by atoms with van der Waals surface area (Å²) in [6.07, 6.45) is 1.28. The van der Waals surface area contributed by atoms with E-state index in [-0.39, 0.29) is 0 Å². The molecule has 1 atom stereocenters. The minimum atomic E-state index is 0.379. The third kappa shape index (κ3) is 3.61. The van der Waals surface area contributed by atoms with Gasteiger partial charge in [0.2, 0.25) is 0 Å². The molecule has 5 heteroatoms. The summed E-state index contributed by atoms with van der Waals surface area (Å²) in [6, 6.07) is 6.75. The standard InChI is InChI=1S/C14H20N2OS2/c1-16(11-5-6-19-9-11)8-10-3-4-12(14(15)18)13(7-10)17-2/h3-4,7,11H,5-6,8-9H2,1-2H3,(H2,15,18). The van der Waals surface area contributed by atoms with Gasteiger partial charge in [0.15, 0.2) is 0 Å². The average Bonchev–Trinajstić information content (AvgIpc) is 2.92. The maximum absolute atomic E-state index is 5.68. The lowest BCUT2D eigenvalue weighted by Crippen LogP contribution is -2.30. The summed E-state index contributed by atoms with van der Waals surface area (Å²) in [5, 5.41) is 0. The molecule has 0 aliphatic carbocycles. The van der Waals surface area contributed by atoms with Crippen LogP contribution in [0.3, 0.4) is 0 Å². The third-order valence-corrected chi connectivity index (χ3v) is 4.86. The van der Waals surface area contributed by atoms with Crippen LogP contribution in [0.25, 0.3) is 0 Å². The number of ether oxygens (including phenoxy) is 1. The zero-order valence-corrected chi connectivity index (χ0v) is 13.0. The van der Waals surface area contributed by atoms with Gasteiger partial charge in [-0.25, -0.2) is 0 Å². The predicted octanol–water partition coefficient (Wildman–Crippen LogP) is 2.27. The smallest absolute Gasteiger partial charge is 0.129 e. The molecule has 1 fully saturated rings. The highest BCUT2D eigenvalue weighted by atomic mass is 32.2. The molecule has 0 saturated carbocycles. The van der Waals surface area contributed by atoms with Gasteiger partial charge >= 0.3 is 0 Å². The van der Waals surface area contributed by atoms with Crippen molar-refractivity contribution in [3.63, 3.8) is 0 Å². The van der Waals surface area contributed by atoms with Gasteiger partial charge in [-0.3, -0.25) is 4.90 Å². The fourth-order valence-corrected chi connectivity index (χ4v) is 3.79. The van der Waals surface area contributed by atoms with Crippen LogP contribution >= 0.6 is 24.0 Å². The van der Waals surface area contributed by atoms with Crippen LogP contribution in [0.5, 0.6) is 5.75 Å². The van der Waals surface area contributed by atoms with Crippen LogP contribution in [0, 0.1) is 0 Å². The van der Waals surface area contributed by atoms with Crippen molar-refractivity contribution in [2.45, 2.75) is 19.0 Å². The largest absolute Gasteiger partial charge is 0.496 e. The van der Waals surface area contributed by atoms with Crippen molar-refractivity contribution in [3.05, 3.63) is 29.3 Å². The first-order chi connectivity index (χ1) is 9.11. The number of nitrogens with two attached hydrogens (primary N) is 1. The van der Waals surface area contributed by atoms with Gasteiger partial charge in [0.25, 0.3) is 0 Å². The van der Waals surface area contributed by atoms with Gasteiger partial charge in [0.05, 0.1) is 12.7 Å². The van der Waals surface area contributed by atoms with Crippen molar-refractivity contribution in [2.75, 3.05) is 25.7 Å². The van der Waals surface area contributed by atoms with Gasteiger partial charge < -0.3 is 10.5 Å². The van der Waals surface area contributed by atoms with E-state index in [0.29, 0.717) is 11.0 Å². The molecule has 0 bridgehead atoms. The van der Waals surface area contributed by atoms with Crippen molar-refractivity contribution >= 4 is 29.0 Å². The number of hydrogen-bond acceptors (Lipinski definition) is 4. The van der Waals surface area contributed by atoms with Crippen molar-refractivity contribution in [1.82, 2.24) is 4.90 Å². The summed E-state index contributed by atoms with van der Waals surface area (Å²) in [6.45, 7) is 0.930. The quantitative estimate of drug-likeness (QED) is 0.844. The molecule has 1 unspecified atom stereocenters. The van der Waals surface area contributed by atoms with Crippen molar-refractivity contribution in [3.8, 4) is 5.75 Å². The van der Waals surface area contributed by atoms with Crippen molar-refractivity contribution in [2.24, 2.45) is 5.73 Å². The molecule has 1 heterocycles. The number of nitrogens with zero attached hydrogens (tertiary/aromatic N) is 1. The first kappa shape index (κ1) is 14.6. The summed E-state index contributed by atoms with van der Waals surface area (Å²) in [7, 11) is 3.84. The fraction of sp³-hybridized carbons (Fsp3) is 0.500. The molecular weight excluding hydrogens is 276 g/mol. The Bertz CT molecular complexity index is 459. The Morgan fingerprint density at radius 3 is 2.95 bits per heavy atom. The highest BCUT2D eigenvalue weighted by molar-refractivity contribution is 7.99. The molecule has 1 saturated heterocycles. The van der Waals surface area contributed by atoms with Gasteiger partial charge in [-0.1, -0.05) is 18.3 Å². The van der Waals surface area contributed by atoms with E-state index in [1.807, 2.05) is 23.9 Å². The SMILES string of the molecule is COc1cc(CN(C)C2CCSC2)ccc1C(N)=S. The Balaban J connectivity index is 2.10. The highest BCUT2D eigenvalue weighted by Gasteiger charge is 2.20. The third-order valence-electron chi connectivity index (χ3n) is 3.49. The van der Waals surface area contributed by atoms with Crippen LogP contribution in [-0.2, 0) is 6.54 Å². The zero-order valence-electron chi connectivity index (χ0n) is 11.4. The summed E-state index contributed by atoms with van der Waals surface area (Å²) >= 11 is 7.05. The molecule has 104 valence electrons. The van der Waals surface area contributed by atoms with Crippen LogP contribution in [0.4, 0.5) is 0 Å². The van der Waals surface area contributed by atoms with E-state index < -0.39 is 0 Å². The summed E-state index contributed by atoms with van der Waals surface area (Å²) in [5.74, 6) is 3.27. The van der Waals surface area contributed by atoms with Gasteiger partial charge in [-0.05, 0) is 36.9 Å². The van der Waals surface area contributed by atoms with Crippen molar-refractivity contribution < 1.29 is 4.74 Å². The minimum Gasteiger partial charge on any atom is -0.496 e. The van der Waals surface area contributed by atoms with Gasteiger partial charge in [-0.15, -0.1) is 0 Å². The van der Waals surface area contributed by atoms with Crippen LogP contribution < -0.4 is 10.5 Å². The van der Waals surface area contributed by atoms with Crippen LogP contribution in [0.2, 0.25) is 0 Å². The Labute approximate surface area is 124 Å². The Hall–Kier alpha value is -0.780. The maximum Gasteiger partial charge on any atom is 0.129 e. The summed E-state index contributed by atoms with van der Waals surface area (Å²) < 4.78 is 5.36. The predicted molar refractivity (Wildman–Crippen MR) is 86.1 cm³/mol. The van der Waals surface area contributed by atoms with Gasteiger partial charge in [0.1, 0.15) is 10.7 Å². The molecular formula is C14H20N2OS2. The molecule has 0 radical (unpaired) electrons. The summed E-state index contributed by atoms with van der Waals surface area (Å²) in [4.78, 5) is 2.79. The second-order valence-corrected chi connectivity index (χ2v) is 6.42. The van der Waals surface area contributed by atoms with E-state index in [9.17, 15) is 0 Å². The van der Waals surface area contributed by atoms with E-state index in [1.165, 1.54) is 23.5 Å². The van der Waals surface area contributed by atoms with E-state index in [1.54, 1.807) is 7.11 Å². The zero-order chi connectivity index (χ0) is 13.8. The maximum atomic E-state index is 5.68. The molecule has 0 spiro atoms. The molecule has 2 rings (SSSR count). The van der Waals surface area contributed by atoms with Crippen LogP contribution in [0.1, 0.15) is 17.5 Å². The van der Waals surface area contributed by atoms with Gasteiger partial charge in [0, 0.05) is 18.3 Å². The van der Waals surface area contributed by atoms with Crippen LogP contribution in [0.15, 0.2) is 18.2 Å². The first-order valence-corrected chi connectivity index (χ1v) is 7.93. The lowest BCUT2D eigenvalue weighted by Gasteiger charge is -2.23. The Kier molecular flexibility index (Phi) is 5.07. The van der Waals surface area contributed by atoms with E-state index in [4.69, 9.17) is 22.7 Å². The fourth-order valence-electron chi connectivity index (χ4n) is 2.32. The average molecular weight is 296 g/mol. The Morgan fingerprint density at radius 2 is 2.37 bits per heavy atom. The molecule has 0 aromatic heterocycles. The topological polar surface area (TPSA) is 38.5 Å². The Morgan fingerprint density at radius 1 is 1.58 bits per heavy atom. The molecule has 1 aliphatic heterocycles. The van der Waals surface area contributed by atoms with Crippen LogP contribution in [-0.4, -0.2) is 41.6 Å². The number of thiocarbonyl (C=S) groups is 1. The van der Waals surface area contributed by atoms with E-state index in [2.05, 4.69) is 18.0 Å². The highest BCUT2D eigenvalue weighted by Crippen LogP contribution is 2.25. The molecule has 2 N–H and O–H groups in total. The second kappa shape index (κ2) is 6.59. The monoisotopic (exact) mass is 296 g/mol. The minimum absolute atomic E-state index is 0.379. The lowest BCUT2D eigenvalue weighted by molar-refractivity contribution is 0.254. The lowest BCUT2D eigenvalue weighted by atomic mass is 10.1. The number of hydrogen-bond donors (Lipinski definition) is 1. The molecule has 0 amide bonds. The molecule has 19 heavy (non-hydrogen) atoms. The number of rotatable bonds is 5. The summed E-state index contributed by atoms with van der Waals surface area (Å²) in [5.41, 5.74) is 7.72. The normalized spacial score (nSPS) is 18.8. The molecule has 1 aliphatic rings. The molecule has 3 nitrogen and oxygen atoms in total. The second-order valence-electron chi connectivity index (χ2n) is 4.83. The van der Waals surface area contributed by atoms with E-state index >= 15 is 0 Å². The first-order valence-electron chi connectivity index (χ1n) is 6.36. The van der Waals surface area contributed by atoms with E-state index in [0.717, 1.165) is 17.9 Å². The van der Waals surface area contributed by atoms with Gasteiger partial charge in [-0.2, -0.15) is 11.8 Å². The molecule has 1 aromatic carbocycles. The number of benzene rings is 1. The number of methoxy groups -OCH3 is 1.